The lowest BCUT2D eigenvalue weighted by atomic mass is 10.1. The van der Waals surface area contributed by atoms with Gasteiger partial charge in [-0.15, -0.1) is 0 Å². The monoisotopic (exact) mass is 373 g/mol. The Morgan fingerprint density at radius 2 is 1.75 bits per heavy atom. The van der Waals surface area contributed by atoms with Crippen LogP contribution in [0.25, 0.3) is 16.6 Å². The first-order chi connectivity index (χ1) is 13.7. The molecular formula is C22H23N5O. The van der Waals surface area contributed by atoms with Gasteiger partial charge >= 0.3 is 0 Å². The van der Waals surface area contributed by atoms with E-state index in [9.17, 15) is 5.11 Å². The highest BCUT2D eigenvalue weighted by Gasteiger charge is 2.31. The molecular weight excluding hydrogens is 350 g/mol. The standard InChI is InChI=1S/C22H23N5O/c23-21-20(19(28)14-27(21)15-7-3-1-4-8-15)22-24-17-10-9-16(13-18(17)25-22)26-11-5-2-6-12-26/h1,3-4,7-10,13,23,28H,2,5-6,11-12,14H2,(H,24,25). The third-order valence-corrected chi connectivity index (χ3v) is 5.59. The van der Waals surface area contributed by atoms with Crippen LogP contribution in [0.1, 0.15) is 25.1 Å². The van der Waals surface area contributed by atoms with Crippen LogP contribution in [0.15, 0.2) is 54.3 Å². The third-order valence-electron chi connectivity index (χ3n) is 5.59. The molecule has 0 aliphatic carbocycles. The number of anilines is 2. The number of aliphatic hydroxyl groups excluding tert-OH is 1. The Morgan fingerprint density at radius 3 is 2.54 bits per heavy atom. The van der Waals surface area contributed by atoms with Gasteiger partial charge in [0.15, 0.2) is 0 Å². The number of amidine groups is 1. The lowest BCUT2D eigenvalue weighted by molar-refractivity contribution is 0.411. The molecule has 0 radical (unpaired) electrons. The summed E-state index contributed by atoms with van der Waals surface area (Å²) in [4.78, 5) is 12.2. The van der Waals surface area contributed by atoms with Gasteiger partial charge in [-0.25, -0.2) is 4.98 Å². The number of nitrogens with zero attached hydrogens (tertiary/aromatic N) is 3. The summed E-state index contributed by atoms with van der Waals surface area (Å²) >= 11 is 0. The van der Waals surface area contributed by atoms with E-state index < -0.39 is 0 Å². The molecule has 28 heavy (non-hydrogen) atoms. The molecule has 0 amide bonds. The van der Waals surface area contributed by atoms with E-state index in [0.717, 1.165) is 29.8 Å². The first kappa shape index (κ1) is 16.9. The van der Waals surface area contributed by atoms with E-state index in [1.165, 1.54) is 24.9 Å². The van der Waals surface area contributed by atoms with Crippen molar-refractivity contribution in [3.63, 3.8) is 0 Å². The predicted octanol–water partition coefficient (Wildman–Crippen LogP) is 4.32. The number of aromatic nitrogens is 2. The van der Waals surface area contributed by atoms with Crippen LogP contribution in [-0.4, -0.2) is 40.5 Å². The molecule has 0 atom stereocenters. The van der Waals surface area contributed by atoms with Crippen LogP contribution < -0.4 is 9.80 Å². The van der Waals surface area contributed by atoms with E-state index in [2.05, 4.69) is 27.0 Å². The predicted molar refractivity (Wildman–Crippen MR) is 113 cm³/mol. The number of hydrogen-bond donors (Lipinski definition) is 3. The van der Waals surface area contributed by atoms with Crippen LogP contribution in [0.3, 0.4) is 0 Å². The molecule has 1 saturated heterocycles. The number of benzene rings is 2. The van der Waals surface area contributed by atoms with Gasteiger partial charge in [-0.3, -0.25) is 5.41 Å². The van der Waals surface area contributed by atoms with Gasteiger partial charge in [0.2, 0.25) is 0 Å². The van der Waals surface area contributed by atoms with Crippen LogP contribution in [0.5, 0.6) is 0 Å². The molecule has 3 heterocycles. The molecule has 142 valence electrons. The van der Waals surface area contributed by atoms with E-state index in [4.69, 9.17) is 5.41 Å². The molecule has 0 saturated carbocycles. The number of H-pyrrole nitrogens is 1. The molecule has 3 aromatic rings. The van der Waals surface area contributed by atoms with Crippen LogP contribution in [-0.2, 0) is 0 Å². The molecule has 2 aliphatic rings. The quantitative estimate of drug-likeness (QED) is 0.639. The number of imidazole rings is 1. The number of nitrogens with one attached hydrogen (secondary N) is 2. The van der Waals surface area contributed by atoms with E-state index >= 15 is 0 Å². The fraction of sp³-hybridized carbons (Fsp3) is 0.273. The van der Waals surface area contributed by atoms with E-state index in [-0.39, 0.29) is 18.1 Å². The maximum atomic E-state index is 10.6. The van der Waals surface area contributed by atoms with Gasteiger partial charge < -0.3 is 19.9 Å². The number of aliphatic hydroxyl groups is 1. The Kier molecular flexibility index (Phi) is 4.04. The fourth-order valence-corrected chi connectivity index (χ4v) is 4.12. The number of aromatic amines is 1. The van der Waals surface area contributed by atoms with Crippen molar-refractivity contribution in [2.24, 2.45) is 0 Å². The SMILES string of the molecule is N=C1C(c2nc3ccc(N4CCCCC4)cc3[nH]2)=C(O)CN1c1ccccc1. The van der Waals surface area contributed by atoms with Gasteiger partial charge in [0.1, 0.15) is 17.4 Å². The lowest BCUT2D eigenvalue weighted by Crippen LogP contribution is -2.29. The summed E-state index contributed by atoms with van der Waals surface area (Å²) in [5.41, 5.74) is 4.34. The average molecular weight is 373 g/mol. The van der Waals surface area contributed by atoms with E-state index in [1.807, 2.05) is 36.4 Å². The topological polar surface area (TPSA) is 79.2 Å². The largest absolute Gasteiger partial charge is 0.509 e. The van der Waals surface area contributed by atoms with Crippen molar-refractivity contribution in [3.05, 3.63) is 60.1 Å². The van der Waals surface area contributed by atoms with Gasteiger partial charge in [0.25, 0.3) is 0 Å². The summed E-state index contributed by atoms with van der Waals surface area (Å²) in [7, 11) is 0. The van der Waals surface area contributed by atoms with Crippen molar-refractivity contribution in [2.75, 3.05) is 29.4 Å². The van der Waals surface area contributed by atoms with Crippen LogP contribution in [0, 0.1) is 5.41 Å². The van der Waals surface area contributed by atoms with Crippen LogP contribution in [0.2, 0.25) is 0 Å². The van der Waals surface area contributed by atoms with Crippen molar-refractivity contribution in [1.29, 1.82) is 5.41 Å². The normalized spacial score (nSPS) is 17.8. The summed E-state index contributed by atoms with van der Waals surface area (Å²) in [6.45, 7) is 2.47. The number of piperidine rings is 1. The Morgan fingerprint density at radius 1 is 0.964 bits per heavy atom. The minimum Gasteiger partial charge on any atom is -0.509 e. The third kappa shape index (κ3) is 2.81. The van der Waals surface area contributed by atoms with E-state index in [1.54, 1.807) is 4.90 Å². The smallest absolute Gasteiger partial charge is 0.145 e. The maximum absolute atomic E-state index is 10.6. The molecule has 1 fully saturated rings. The lowest BCUT2D eigenvalue weighted by Gasteiger charge is -2.28. The molecule has 2 aromatic carbocycles. The van der Waals surface area contributed by atoms with E-state index in [0.29, 0.717) is 11.4 Å². The zero-order valence-electron chi connectivity index (χ0n) is 15.7. The molecule has 0 bridgehead atoms. The Hall–Kier alpha value is -3.28. The number of fused-ring (bicyclic) bond motifs is 1. The second-order valence-electron chi connectivity index (χ2n) is 7.43. The second-order valence-corrected chi connectivity index (χ2v) is 7.43. The van der Waals surface area contributed by atoms with Crippen molar-refractivity contribution >= 4 is 33.8 Å². The minimum atomic E-state index is 0.171. The summed E-state index contributed by atoms with van der Waals surface area (Å²) in [5, 5.41) is 19.1. The van der Waals surface area contributed by atoms with Gasteiger partial charge in [0.05, 0.1) is 23.2 Å². The highest BCUT2D eigenvalue weighted by molar-refractivity contribution is 6.30. The number of rotatable bonds is 3. The van der Waals surface area contributed by atoms with Crippen molar-refractivity contribution < 1.29 is 5.11 Å². The molecule has 0 spiro atoms. The van der Waals surface area contributed by atoms with Gasteiger partial charge in [-0.1, -0.05) is 18.2 Å². The first-order valence-corrected chi connectivity index (χ1v) is 9.79. The second kappa shape index (κ2) is 6.71. The average Bonchev–Trinajstić information content (AvgIpc) is 3.28. The molecule has 0 unspecified atom stereocenters. The fourth-order valence-electron chi connectivity index (χ4n) is 4.12. The molecule has 3 N–H and O–H groups in total. The minimum absolute atomic E-state index is 0.171. The molecule has 1 aromatic heterocycles. The highest BCUT2D eigenvalue weighted by Crippen LogP contribution is 2.31. The summed E-state index contributed by atoms with van der Waals surface area (Å²) in [6, 6.07) is 15.9. The van der Waals surface area contributed by atoms with Crippen LogP contribution in [0.4, 0.5) is 11.4 Å². The number of para-hydroxylation sites is 1. The molecule has 6 heteroatoms. The summed E-state index contributed by atoms with van der Waals surface area (Å²) in [5.74, 6) is 0.981. The van der Waals surface area contributed by atoms with Crippen LogP contribution >= 0.6 is 0 Å². The van der Waals surface area contributed by atoms with Crippen molar-refractivity contribution in [2.45, 2.75) is 19.3 Å². The van der Waals surface area contributed by atoms with Gasteiger partial charge in [0, 0.05) is 24.5 Å². The zero-order chi connectivity index (χ0) is 19.1. The molecule has 6 nitrogen and oxygen atoms in total. The zero-order valence-corrected chi connectivity index (χ0v) is 15.7. The first-order valence-electron chi connectivity index (χ1n) is 9.79. The molecule has 2 aliphatic heterocycles. The Balaban J connectivity index is 1.47. The Bertz CT molecular complexity index is 1060. The molecule has 5 rings (SSSR count). The maximum Gasteiger partial charge on any atom is 0.145 e. The number of hydrogen-bond acceptors (Lipinski definition) is 4. The van der Waals surface area contributed by atoms with Crippen molar-refractivity contribution in [1.82, 2.24) is 9.97 Å². The highest BCUT2D eigenvalue weighted by atomic mass is 16.3. The van der Waals surface area contributed by atoms with Gasteiger partial charge in [-0.05, 0) is 49.6 Å². The Labute approximate surface area is 163 Å². The van der Waals surface area contributed by atoms with Crippen molar-refractivity contribution in [3.8, 4) is 0 Å². The summed E-state index contributed by atoms with van der Waals surface area (Å²) < 4.78 is 0. The van der Waals surface area contributed by atoms with Gasteiger partial charge in [-0.2, -0.15) is 0 Å². The summed E-state index contributed by atoms with van der Waals surface area (Å²) in [6.07, 6.45) is 3.78.